The topological polar surface area (TPSA) is 63.2 Å². The molecule has 4 nitrogen and oxygen atoms in total. The summed E-state index contributed by atoms with van der Waals surface area (Å²) in [6.45, 7) is 1.39. The van der Waals surface area contributed by atoms with Gasteiger partial charge in [0.25, 0.3) is 0 Å². The number of sulfonamides is 1. The molecule has 1 aromatic carbocycles. The van der Waals surface area contributed by atoms with Gasteiger partial charge >= 0.3 is 0 Å². The van der Waals surface area contributed by atoms with Gasteiger partial charge in [-0.05, 0) is 42.3 Å². The number of halogens is 2. The van der Waals surface area contributed by atoms with Crippen molar-refractivity contribution in [3.05, 3.63) is 29.6 Å². The molecule has 1 N–H and O–H groups in total. The molecule has 0 radical (unpaired) electrons. The van der Waals surface area contributed by atoms with Crippen LogP contribution in [0.15, 0.2) is 23.1 Å². The molecular weight excluding hydrogens is 269 g/mol. The first-order valence-electron chi connectivity index (χ1n) is 4.77. The first-order chi connectivity index (χ1) is 7.83. The minimum atomic E-state index is -3.72. The summed E-state index contributed by atoms with van der Waals surface area (Å²) >= 11 is 5.08. The van der Waals surface area contributed by atoms with Crippen molar-refractivity contribution in [3.63, 3.8) is 0 Å². The summed E-state index contributed by atoms with van der Waals surface area (Å²) in [7, 11) is -3.72. The lowest BCUT2D eigenvalue weighted by Gasteiger charge is -2.06. The molecule has 0 aliphatic rings. The van der Waals surface area contributed by atoms with E-state index in [1.54, 1.807) is 0 Å². The van der Waals surface area contributed by atoms with Gasteiger partial charge in [0.05, 0.1) is 4.90 Å². The van der Waals surface area contributed by atoms with Gasteiger partial charge in [0.2, 0.25) is 15.3 Å². The molecule has 0 aliphatic carbocycles. The van der Waals surface area contributed by atoms with E-state index in [4.69, 9.17) is 11.6 Å². The van der Waals surface area contributed by atoms with Crippen LogP contribution in [0.3, 0.4) is 0 Å². The standard InChI is InChI=1S/C10H11ClFNO3S/c1-7-6-8(2-3-9(7)12)17(15,16)13-5-4-10(11)14/h2-3,6,13H,4-5H2,1H3. The number of hydrogen-bond acceptors (Lipinski definition) is 3. The third-order valence-electron chi connectivity index (χ3n) is 2.05. The Morgan fingerprint density at radius 2 is 2.12 bits per heavy atom. The van der Waals surface area contributed by atoms with E-state index in [1.165, 1.54) is 13.0 Å². The molecule has 1 aromatic rings. The monoisotopic (exact) mass is 279 g/mol. The van der Waals surface area contributed by atoms with Crippen LogP contribution in [0.25, 0.3) is 0 Å². The molecule has 94 valence electrons. The number of benzene rings is 1. The van der Waals surface area contributed by atoms with E-state index in [-0.39, 0.29) is 23.4 Å². The Labute approximate surface area is 104 Å². The van der Waals surface area contributed by atoms with Crippen molar-refractivity contribution in [2.24, 2.45) is 0 Å². The van der Waals surface area contributed by atoms with E-state index >= 15 is 0 Å². The lowest BCUT2D eigenvalue weighted by molar-refractivity contribution is -0.111. The van der Waals surface area contributed by atoms with E-state index in [9.17, 15) is 17.6 Å². The number of rotatable bonds is 5. The zero-order valence-corrected chi connectivity index (χ0v) is 10.6. The largest absolute Gasteiger partial charge is 0.281 e. The summed E-state index contributed by atoms with van der Waals surface area (Å²) in [5, 5.41) is -0.622. The number of hydrogen-bond donors (Lipinski definition) is 1. The highest BCUT2D eigenvalue weighted by molar-refractivity contribution is 7.89. The summed E-state index contributed by atoms with van der Waals surface area (Å²) in [4.78, 5) is 10.4. The van der Waals surface area contributed by atoms with E-state index in [0.717, 1.165) is 12.1 Å². The van der Waals surface area contributed by atoms with E-state index in [0.29, 0.717) is 0 Å². The van der Waals surface area contributed by atoms with Gasteiger partial charge < -0.3 is 0 Å². The fourth-order valence-electron chi connectivity index (χ4n) is 1.15. The maximum Gasteiger partial charge on any atom is 0.240 e. The molecule has 0 saturated carbocycles. The lowest BCUT2D eigenvalue weighted by atomic mass is 10.2. The fourth-order valence-corrected chi connectivity index (χ4v) is 2.36. The van der Waals surface area contributed by atoms with Crippen molar-refractivity contribution in [2.75, 3.05) is 6.54 Å². The quantitative estimate of drug-likeness (QED) is 0.832. The molecule has 17 heavy (non-hydrogen) atoms. The van der Waals surface area contributed by atoms with Crippen LogP contribution in [0.5, 0.6) is 0 Å². The highest BCUT2D eigenvalue weighted by Gasteiger charge is 2.14. The van der Waals surface area contributed by atoms with Crippen LogP contribution in [0.4, 0.5) is 4.39 Å². The second-order valence-electron chi connectivity index (χ2n) is 3.41. The van der Waals surface area contributed by atoms with Gasteiger partial charge in [-0.15, -0.1) is 0 Å². The van der Waals surface area contributed by atoms with E-state index < -0.39 is 21.1 Å². The maximum absolute atomic E-state index is 13.0. The molecule has 0 unspecified atom stereocenters. The predicted molar refractivity (Wildman–Crippen MR) is 61.8 cm³/mol. The molecule has 0 heterocycles. The highest BCUT2D eigenvalue weighted by atomic mass is 35.5. The summed E-state index contributed by atoms with van der Waals surface area (Å²) in [6, 6.07) is 3.46. The third-order valence-corrected chi connectivity index (χ3v) is 3.70. The molecule has 0 aromatic heterocycles. The fraction of sp³-hybridized carbons (Fsp3) is 0.300. The Kier molecular flexibility index (Phi) is 4.62. The zero-order chi connectivity index (χ0) is 13.1. The van der Waals surface area contributed by atoms with Crippen molar-refractivity contribution in [1.29, 1.82) is 0 Å². The summed E-state index contributed by atoms with van der Waals surface area (Å²) in [5.74, 6) is -0.472. The lowest BCUT2D eigenvalue weighted by Crippen LogP contribution is -2.25. The Bertz CT molecular complexity index is 530. The molecular formula is C10H11ClFNO3S. The number of nitrogens with one attached hydrogen (secondary N) is 1. The Morgan fingerprint density at radius 3 is 2.65 bits per heavy atom. The molecule has 0 spiro atoms. The third kappa shape index (κ3) is 4.07. The smallest absolute Gasteiger partial charge is 0.240 e. The van der Waals surface area contributed by atoms with Crippen molar-refractivity contribution < 1.29 is 17.6 Å². The van der Waals surface area contributed by atoms with Gasteiger partial charge in [-0.1, -0.05) is 0 Å². The number of aryl methyl sites for hydroxylation is 1. The number of carbonyl (C=O) groups is 1. The summed E-state index contributed by atoms with van der Waals surface area (Å²) in [6.07, 6.45) is -0.0963. The van der Waals surface area contributed by atoms with Crippen LogP contribution < -0.4 is 4.72 Å². The van der Waals surface area contributed by atoms with E-state index in [1.807, 2.05) is 0 Å². The second kappa shape index (κ2) is 5.57. The van der Waals surface area contributed by atoms with Crippen LogP contribution in [-0.4, -0.2) is 20.2 Å². The van der Waals surface area contributed by atoms with Crippen molar-refractivity contribution in [2.45, 2.75) is 18.2 Å². The average molecular weight is 280 g/mol. The van der Waals surface area contributed by atoms with Gasteiger partial charge in [-0.3, -0.25) is 4.79 Å². The normalized spacial score (nSPS) is 11.5. The number of carbonyl (C=O) groups excluding carboxylic acids is 1. The molecule has 1 rings (SSSR count). The zero-order valence-electron chi connectivity index (χ0n) is 9.04. The molecule has 0 saturated heterocycles. The minimum absolute atomic E-state index is 0.0431. The minimum Gasteiger partial charge on any atom is -0.281 e. The van der Waals surface area contributed by atoms with Gasteiger partial charge in [0.1, 0.15) is 5.82 Å². The maximum atomic E-state index is 13.0. The van der Waals surface area contributed by atoms with Gasteiger partial charge in [-0.2, -0.15) is 0 Å². The Hall–Kier alpha value is -0.980. The SMILES string of the molecule is Cc1cc(S(=O)(=O)NCCC(=O)Cl)ccc1F. The van der Waals surface area contributed by atoms with Crippen LogP contribution in [0.1, 0.15) is 12.0 Å². The molecule has 0 aliphatic heterocycles. The highest BCUT2D eigenvalue weighted by Crippen LogP contribution is 2.13. The summed E-state index contributed by atoms with van der Waals surface area (Å²) in [5.41, 5.74) is 0.237. The molecule has 0 fully saturated rings. The average Bonchev–Trinajstić information content (AvgIpc) is 2.21. The molecule has 0 atom stereocenters. The van der Waals surface area contributed by atoms with Gasteiger partial charge in [0, 0.05) is 13.0 Å². The Morgan fingerprint density at radius 1 is 1.47 bits per heavy atom. The molecule has 7 heteroatoms. The van der Waals surface area contributed by atoms with Crippen molar-refractivity contribution in [1.82, 2.24) is 4.72 Å². The predicted octanol–water partition coefficient (Wildman–Crippen LogP) is 1.57. The van der Waals surface area contributed by atoms with Gasteiger partial charge in [-0.25, -0.2) is 17.5 Å². The van der Waals surface area contributed by atoms with Crippen molar-refractivity contribution in [3.8, 4) is 0 Å². The van der Waals surface area contributed by atoms with Crippen LogP contribution in [0.2, 0.25) is 0 Å². The van der Waals surface area contributed by atoms with Crippen LogP contribution in [-0.2, 0) is 14.8 Å². The van der Waals surface area contributed by atoms with Crippen LogP contribution in [0, 0.1) is 12.7 Å². The molecule has 0 bridgehead atoms. The first kappa shape index (κ1) is 14.1. The first-order valence-corrected chi connectivity index (χ1v) is 6.63. The van der Waals surface area contributed by atoms with Gasteiger partial charge in [0.15, 0.2) is 0 Å². The van der Waals surface area contributed by atoms with Crippen LogP contribution >= 0.6 is 11.6 Å². The molecule has 0 amide bonds. The van der Waals surface area contributed by atoms with E-state index in [2.05, 4.69) is 4.72 Å². The van der Waals surface area contributed by atoms with Crippen molar-refractivity contribution >= 4 is 26.9 Å². The second-order valence-corrected chi connectivity index (χ2v) is 5.60. The summed E-state index contributed by atoms with van der Waals surface area (Å²) < 4.78 is 38.5. The Balaban J connectivity index is 2.82.